The van der Waals surface area contributed by atoms with Crippen LogP contribution < -0.4 is 10.6 Å². The Balaban J connectivity index is 2.39. The summed E-state index contributed by atoms with van der Waals surface area (Å²) >= 11 is 11.2. The molecule has 116 valence electrons. The van der Waals surface area contributed by atoms with Crippen molar-refractivity contribution in [2.75, 3.05) is 11.9 Å². The van der Waals surface area contributed by atoms with Gasteiger partial charge in [-0.3, -0.25) is 4.79 Å². The van der Waals surface area contributed by atoms with Gasteiger partial charge in [0.25, 0.3) is 0 Å². The summed E-state index contributed by atoms with van der Waals surface area (Å²) in [7, 11) is 0. The number of urea groups is 1. The summed E-state index contributed by atoms with van der Waals surface area (Å²) in [4.78, 5) is 22.2. The number of hydrogen-bond acceptors (Lipinski definition) is 2. The lowest BCUT2D eigenvalue weighted by atomic mass is 10.1. The third kappa shape index (κ3) is 5.77. The Labute approximate surface area is 131 Å². The predicted molar refractivity (Wildman–Crippen MR) is 79.5 cm³/mol. The SMILES string of the molecule is CC(CCCNC(=O)Nc1cc(Cl)c(F)c(Cl)c1)C(=O)O. The van der Waals surface area contributed by atoms with Gasteiger partial charge in [-0.2, -0.15) is 0 Å². The lowest BCUT2D eigenvalue weighted by Gasteiger charge is -2.10. The maximum atomic E-state index is 13.2. The van der Waals surface area contributed by atoms with Crippen molar-refractivity contribution in [1.29, 1.82) is 0 Å². The summed E-state index contributed by atoms with van der Waals surface area (Å²) in [5.41, 5.74) is 0.266. The van der Waals surface area contributed by atoms with E-state index in [0.717, 1.165) is 0 Å². The molecule has 0 radical (unpaired) electrons. The lowest BCUT2D eigenvalue weighted by molar-refractivity contribution is -0.141. The van der Waals surface area contributed by atoms with Crippen LogP contribution in [0.1, 0.15) is 19.8 Å². The molecule has 0 saturated carbocycles. The number of amides is 2. The number of carbonyl (C=O) groups excluding carboxylic acids is 1. The van der Waals surface area contributed by atoms with Gasteiger partial charge < -0.3 is 15.7 Å². The average molecular weight is 337 g/mol. The highest BCUT2D eigenvalue weighted by Crippen LogP contribution is 2.27. The van der Waals surface area contributed by atoms with E-state index in [0.29, 0.717) is 19.4 Å². The van der Waals surface area contributed by atoms with Gasteiger partial charge in [0.2, 0.25) is 0 Å². The molecule has 0 bridgehead atoms. The topological polar surface area (TPSA) is 78.4 Å². The quantitative estimate of drug-likeness (QED) is 0.546. The highest BCUT2D eigenvalue weighted by molar-refractivity contribution is 6.35. The fourth-order valence-electron chi connectivity index (χ4n) is 1.54. The molecule has 3 N–H and O–H groups in total. The number of benzene rings is 1. The molecule has 8 heteroatoms. The molecule has 0 spiro atoms. The number of rotatable bonds is 6. The molecule has 1 aromatic rings. The number of halogens is 3. The van der Waals surface area contributed by atoms with Crippen LogP contribution in [-0.2, 0) is 4.79 Å². The van der Waals surface area contributed by atoms with Crippen LogP contribution in [0.15, 0.2) is 12.1 Å². The number of carboxylic acids is 1. The van der Waals surface area contributed by atoms with Gasteiger partial charge in [-0.15, -0.1) is 0 Å². The summed E-state index contributed by atoms with van der Waals surface area (Å²) in [5, 5.41) is 13.3. The van der Waals surface area contributed by atoms with E-state index in [9.17, 15) is 14.0 Å². The molecule has 5 nitrogen and oxygen atoms in total. The number of nitrogens with one attached hydrogen (secondary N) is 2. The minimum Gasteiger partial charge on any atom is -0.481 e. The van der Waals surface area contributed by atoms with Gasteiger partial charge >= 0.3 is 12.0 Å². The molecule has 2 amide bonds. The van der Waals surface area contributed by atoms with Gasteiger partial charge in [0.1, 0.15) is 0 Å². The predicted octanol–water partition coefficient (Wildman–Crippen LogP) is 3.75. The summed E-state index contributed by atoms with van der Waals surface area (Å²) in [5.74, 6) is -2.06. The van der Waals surface area contributed by atoms with E-state index in [2.05, 4.69) is 10.6 Å². The van der Waals surface area contributed by atoms with Crippen LogP contribution in [0.3, 0.4) is 0 Å². The number of hydrogen-bond donors (Lipinski definition) is 3. The molecule has 0 saturated heterocycles. The maximum Gasteiger partial charge on any atom is 0.319 e. The van der Waals surface area contributed by atoms with Crippen molar-refractivity contribution in [3.8, 4) is 0 Å². The Morgan fingerprint density at radius 1 is 1.33 bits per heavy atom. The Morgan fingerprint density at radius 3 is 2.43 bits per heavy atom. The lowest BCUT2D eigenvalue weighted by Crippen LogP contribution is -2.30. The van der Waals surface area contributed by atoms with Gasteiger partial charge in [-0.25, -0.2) is 9.18 Å². The number of carboxylic acid groups (broad SMARTS) is 1. The van der Waals surface area contributed by atoms with E-state index in [4.69, 9.17) is 28.3 Å². The fraction of sp³-hybridized carbons (Fsp3) is 0.385. The van der Waals surface area contributed by atoms with Crippen LogP contribution in [0.5, 0.6) is 0 Å². The van der Waals surface area contributed by atoms with Crippen molar-refractivity contribution in [2.45, 2.75) is 19.8 Å². The van der Waals surface area contributed by atoms with Crippen molar-refractivity contribution in [1.82, 2.24) is 5.32 Å². The first-order chi connectivity index (χ1) is 9.81. The van der Waals surface area contributed by atoms with Gasteiger partial charge in [-0.05, 0) is 25.0 Å². The molecular formula is C13H15Cl2FN2O3. The average Bonchev–Trinajstić information content (AvgIpc) is 2.40. The van der Waals surface area contributed by atoms with Gasteiger partial charge in [0, 0.05) is 12.2 Å². The first-order valence-electron chi connectivity index (χ1n) is 6.23. The van der Waals surface area contributed by atoms with E-state index < -0.39 is 23.7 Å². The second kappa shape index (κ2) is 8.05. The molecule has 0 aliphatic heterocycles. The van der Waals surface area contributed by atoms with E-state index in [1.54, 1.807) is 6.92 Å². The first kappa shape index (κ1) is 17.5. The highest BCUT2D eigenvalue weighted by atomic mass is 35.5. The van der Waals surface area contributed by atoms with Gasteiger partial charge in [-0.1, -0.05) is 30.1 Å². The molecule has 1 rings (SSSR count). The van der Waals surface area contributed by atoms with Crippen LogP contribution in [0.25, 0.3) is 0 Å². The van der Waals surface area contributed by atoms with E-state index in [1.807, 2.05) is 0 Å². The maximum absolute atomic E-state index is 13.2. The molecule has 0 aromatic heterocycles. The normalized spacial score (nSPS) is 11.8. The van der Waals surface area contributed by atoms with Crippen molar-refractivity contribution in [3.05, 3.63) is 28.0 Å². The second-order valence-corrected chi connectivity index (χ2v) is 5.33. The largest absolute Gasteiger partial charge is 0.481 e. The smallest absolute Gasteiger partial charge is 0.319 e. The first-order valence-corrected chi connectivity index (χ1v) is 6.99. The third-order valence-electron chi connectivity index (χ3n) is 2.76. The summed E-state index contributed by atoms with van der Waals surface area (Å²) in [6.45, 7) is 1.93. The summed E-state index contributed by atoms with van der Waals surface area (Å²) < 4.78 is 13.2. The van der Waals surface area contributed by atoms with Crippen molar-refractivity contribution < 1.29 is 19.1 Å². The summed E-state index contributed by atoms with van der Waals surface area (Å²) in [6, 6.07) is 1.99. The molecule has 0 heterocycles. The van der Waals surface area contributed by atoms with Gasteiger partial charge in [0.15, 0.2) is 5.82 Å². The number of carbonyl (C=O) groups is 2. The van der Waals surface area contributed by atoms with Crippen molar-refractivity contribution >= 4 is 40.9 Å². The van der Waals surface area contributed by atoms with Crippen LogP contribution >= 0.6 is 23.2 Å². The van der Waals surface area contributed by atoms with Crippen LogP contribution in [0, 0.1) is 11.7 Å². The Kier molecular flexibility index (Phi) is 6.71. The molecule has 0 aliphatic carbocycles. The number of aliphatic carboxylic acids is 1. The molecule has 1 atom stereocenters. The zero-order valence-corrected chi connectivity index (χ0v) is 12.8. The van der Waals surface area contributed by atoms with Crippen LogP contribution in [0.2, 0.25) is 10.0 Å². The number of anilines is 1. The molecule has 1 aromatic carbocycles. The molecule has 1 unspecified atom stereocenters. The van der Waals surface area contributed by atoms with Crippen LogP contribution in [0.4, 0.5) is 14.9 Å². The molecule has 0 fully saturated rings. The van der Waals surface area contributed by atoms with Crippen molar-refractivity contribution in [3.63, 3.8) is 0 Å². The Morgan fingerprint density at radius 2 is 1.90 bits per heavy atom. The highest BCUT2D eigenvalue weighted by Gasteiger charge is 2.11. The Bertz CT molecular complexity index is 517. The molecule has 0 aliphatic rings. The van der Waals surface area contributed by atoms with E-state index >= 15 is 0 Å². The van der Waals surface area contributed by atoms with E-state index in [1.165, 1.54) is 12.1 Å². The summed E-state index contributed by atoms with van der Waals surface area (Å²) in [6.07, 6.45) is 0.996. The van der Waals surface area contributed by atoms with E-state index in [-0.39, 0.29) is 15.7 Å². The molecule has 21 heavy (non-hydrogen) atoms. The second-order valence-electron chi connectivity index (χ2n) is 4.52. The third-order valence-corrected chi connectivity index (χ3v) is 3.31. The van der Waals surface area contributed by atoms with Crippen LogP contribution in [-0.4, -0.2) is 23.7 Å². The zero-order valence-electron chi connectivity index (χ0n) is 11.3. The van der Waals surface area contributed by atoms with Gasteiger partial charge in [0.05, 0.1) is 16.0 Å². The monoisotopic (exact) mass is 336 g/mol. The fourth-order valence-corrected chi connectivity index (χ4v) is 2.02. The van der Waals surface area contributed by atoms with Crippen molar-refractivity contribution in [2.24, 2.45) is 5.92 Å². The Hall–Kier alpha value is -1.53. The minimum absolute atomic E-state index is 0.187. The molecular weight excluding hydrogens is 322 g/mol. The minimum atomic E-state index is -0.866. The standard InChI is InChI=1S/C13H15Cl2FN2O3/c1-7(12(19)20)3-2-4-17-13(21)18-8-5-9(14)11(16)10(15)6-8/h5-7H,2-4H2,1H3,(H,19,20)(H2,17,18,21). The zero-order chi connectivity index (χ0) is 16.0.